The minimum absolute atomic E-state index is 0.116. The van der Waals surface area contributed by atoms with Gasteiger partial charge in [0.15, 0.2) is 5.82 Å². The Bertz CT molecular complexity index is 956. The summed E-state index contributed by atoms with van der Waals surface area (Å²) in [4.78, 5) is 13.7. The molecule has 0 saturated heterocycles. The normalized spacial score (nSPS) is 11.4. The minimum Gasteiger partial charge on any atom is -0.330 e. The highest BCUT2D eigenvalue weighted by Crippen LogP contribution is 2.28. The Balaban J connectivity index is 1.68. The average Bonchev–Trinajstić information content (AvgIpc) is 3.23. The molecular weight excluding hydrogens is 351 g/mol. The number of hydrogen-bond donors (Lipinski definition) is 2. The molecule has 2 aromatic heterocycles. The first-order valence-corrected chi connectivity index (χ1v) is 8.35. The van der Waals surface area contributed by atoms with Crippen LogP contribution in [0.4, 0.5) is 14.9 Å². The predicted molar refractivity (Wildman–Crippen MR) is 97.3 cm³/mol. The second kappa shape index (κ2) is 7.14. The number of aryl methyl sites for hydroxylation is 1. The molecule has 0 saturated carbocycles. The number of benzene rings is 1. The van der Waals surface area contributed by atoms with Gasteiger partial charge in [0.1, 0.15) is 5.82 Å². The molecule has 0 bridgehead atoms. The molecule has 0 unspecified atom stereocenters. The predicted octanol–water partition coefficient (Wildman–Crippen LogP) is 2.29. The summed E-state index contributed by atoms with van der Waals surface area (Å²) in [7, 11) is 1.76. The van der Waals surface area contributed by atoms with Crippen molar-refractivity contribution in [3.05, 3.63) is 42.2 Å². The molecule has 0 fully saturated rings. The van der Waals surface area contributed by atoms with Gasteiger partial charge in [0.25, 0.3) is 0 Å². The van der Waals surface area contributed by atoms with E-state index in [-0.39, 0.29) is 12.1 Å². The van der Waals surface area contributed by atoms with Crippen LogP contribution in [-0.2, 0) is 19.1 Å². The lowest BCUT2D eigenvalue weighted by Crippen LogP contribution is -2.29. The number of amides is 2. The van der Waals surface area contributed by atoms with Crippen molar-refractivity contribution in [3.63, 3.8) is 0 Å². The summed E-state index contributed by atoms with van der Waals surface area (Å²) in [5.41, 5.74) is 1.41. The van der Waals surface area contributed by atoms with Crippen LogP contribution < -0.4 is 10.6 Å². The van der Waals surface area contributed by atoms with Crippen LogP contribution in [0.2, 0.25) is 0 Å². The van der Waals surface area contributed by atoms with Crippen LogP contribution in [0.5, 0.6) is 0 Å². The van der Waals surface area contributed by atoms with Crippen LogP contribution in [-0.4, -0.2) is 36.0 Å². The molecular formula is C17H21FN8O. The number of urea groups is 1. The van der Waals surface area contributed by atoms with E-state index in [0.717, 1.165) is 0 Å². The van der Waals surface area contributed by atoms with Crippen LogP contribution in [0.25, 0.3) is 11.1 Å². The van der Waals surface area contributed by atoms with E-state index in [1.54, 1.807) is 24.1 Å². The highest BCUT2D eigenvalue weighted by molar-refractivity contribution is 5.94. The Kier molecular flexibility index (Phi) is 4.89. The van der Waals surface area contributed by atoms with Crippen molar-refractivity contribution >= 4 is 11.7 Å². The van der Waals surface area contributed by atoms with Crippen molar-refractivity contribution in [3.8, 4) is 11.1 Å². The second-order valence-corrected chi connectivity index (χ2v) is 7.07. The van der Waals surface area contributed by atoms with Gasteiger partial charge in [-0.05, 0) is 44.2 Å². The van der Waals surface area contributed by atoms with Crippen LogP contribution >= 0.6 is 0 Å². The summed E-state index contributed by atoms with van der Waals surface area (Å²) in [6, 6.07) is 3.68. The van der Waals surface area contributed by atoms with Crippen LogP contribution in [0, 0.1) is 5.82 Å². The van der Waals surface area contributed by atoms with Gasteiger partial charge in [-0.1, -0.05) is 0 Å². The first-order valence-electron chi connectivity index (χ1n) is 8.35. The minimum atomic E-state index is -0.459. The molecule has 2 N–H and O–H groups in total. The van der Waals surface area contributed by atoms with E-state index in [9.17, 15) is 9.18 Å². The topological polar surface area (TPSA) is 103 Å². The first-order chi connectivity index (χ1) is 12.7. The van der Waals surface area contributed by atoms with E-state index in [2.05, 4.69) is 31.1 Å². The quantitative estimate of drug-likeness (QED) is 0.731. The summed E-state index contributed by atoms with van der Waals surface area (Å²) in [6.07, 6.45) is 3.35. The van der Waals surface area contributed by atoms with Gasteiger partial charge in [0.2, 0.25) is 0 Å². The Morgan fingerprint density at radius 3 is 2.70 bits per heavy atom. The largest absolute Gasteiger partial charge is 0.330 e. The molecule has 27 heavy (non-hydrogen) atoms. The van der Waals surface area contributed by atoms with Gasteiger partial charge in [-0.15, -0.1) is 10.2 Å². The van der Waals surface area contributed by atoms with Gasteiger partial charge >= 0.3 is 6.03 Å². The third-order valence-corrected chi connectivity index (χ3v) is 3.71. The van der Waals surface area contributed by atoms with E-state index >= 15 is 0 Å². The fourth-order valence-electron chi connectivity index (χ4n) is 2.35. The van der Waals surface area contributed by atoms with Crippen molar-refractivity contribution in [2.45, 2.75) is 32.9 Å². The first kappa shape index (κ1) is 18.5. The van der Waals surface area contributed by atoms with Gasteiger partial charge in [-0.3, -0.25) is 4.68 Å². The zero-order valence-corrected chi connectivity index (χ0v) is 15.6. The van der Waals surface area contributed by atoms with Crippen molar-refractivity contribution in [1.29, 1.82) is 0 Å². The Labute approximate surface area is 155 Å². The maximum atomic E-state index is 13.7. The Morgan fingerprint density at radius 1 is 1.30 bits per heavy atom. The number of rotatable bonds is 4. The van der Waals surface area contributed by atoms with Gasteiger partial charge in [0, 0.05) is 24.4 Å². The van der Waals surface area contributed by atoms with Crippen molar-refractivity contribution < 1.29 is 9.18 Å². The number of tetrazole rings is 1. The lowest BCUT2D eigenvalue weighted by Gasteiger charge is -2.15. The monoisotopic (exact) mass is 372 g/mol. The van der Waals surface area contributed by atoms with Gasteiger partial charge in [-0.2, -0.15) is 9.90 Å². The molecule has 0 aliphatic heterocycles. The number of carbonyl (C=O) groups is 1. The fraction of sp³-hybridized carbons (Fsp3) is 0.353. The molecule has 3 aromatic rings. The molecule has 0 aliphatic rings. The lowest BCUT2D eigenvalue weighted by molar-refractivity contribution is 0.251. The highest BCUT2D eigenvalue weighted by atomic mass is 19.1. The van der Waals surface area contributed by atoms with E-state index in [4.69, 9.17) is 0 Å². The van der Waals surface area contributed by atoms with Gasteiger partial charge in [-0.25, -0.2) is 9.18 Å². The molecule has 0 atom stereocenters. The Hall–Kier alpha value is -3.30. The van der Waals surface area contributed by atoms with Crippen molar-refractivity contribution in [2.24, 2.45) is 7.05 Å². The molecule has 142 valence electrons. The average molecular weight is 372 g/mol. The number of nitrogens with one attached hydrogen (secondary N) is 2. The maximum absolute atomic E-state index is 13.7. The number of aromatic nitrogens is 6. The molecule has 1 aromatic carbocycles. The second-order valence-electron chi connectivity index (χ2n) is 7.07. The molecule has 3 rings (SSSR count). The van der Waals surface area contributed by atoms with E-state index in [0.29, 0.717) is 22.6 Å². The molecule has 0 radical (unpaired) electrons. The van der Waals surface area contributed by atoms with E-state index < -0.39 is 11.8 Å². The SMILES string of the molecule is Cn1cc(-c2cc(F)ccc2NC(=O)NCc2nnn(C(C)(C)C)n2)cn1. The molecule has 0 spiro atoms. The van der Waals surface area contributed by atoms with Crippen molar-refractivity contribution in [1.82, 2.24) is 35.3 Å². The molecule has 10 heteroatoms. The zero-order chi connectivity index (χ0) is 19.6. The summed E-state index contributed by atoms with van der Waals surface area (Å²) >= 11 is 0. The van der Waals surface area contributed by atoms with Gasteiger partial charge < -0.3 is 10.6 Å². The van der Waals surface area contributed by atoms with Crippen LogP contribution in [0.3, 0.4) is 0 Å². The van der Waals surface area contributed by atoms with Crippen molar-refractivity contribution in [2.75, 3.05) is 5.32 Å². The third kappa shape index (κ3) is 4.46. The molecule has 2 amide bonds. The maximum Gasteiger partial charge on any atom is 0.319 e. The smallest absolute Gasteiger partial charge is 0.319 e. The van der Waals surface area contributed by atoms with E-state index in [1.807, 2.05) is 20.8 Å². The number of nitrogens with zero attached hydrogens (tertiary/aromatic N) is 6. The van der Waals surface area contributed by atoms with Gasteiger partial charge in [0.05, 0.1) is 24.0 Å². The number of anilines is 1. The summed E-state index contributed by atoms with van der Waals surface area (Å²) in [5.74, 6) is -0.00512. The molecule has 0 aliphatic carbocycles. The fourth-order valence-corrected chi connectivity index (χ4v) is 2.35. The zero-order valence-electron chi connectivity index (χ0n) is 15.6. The summed E-state index contributed by atoms with van der Waals surface area (Å²) in [6.45, 7) is 5.97. The molecule has 9 nitrogen and oxygen atoms in total. The summed E-state index contributed by atoms with van der Waals surface area (Å²) in [5, 5.41) is 21.6. The van der Waals surface area contributed by atoms with Crippen LogP contribution in [0.15, 0.2) is 30.6 Å². The third-order valence-electron chi connectivity index (χ3n) is 3.71. The number of carbonyl (C=O) groups excluding carboxylic acids is 1. The highest BCUT2D eigenvalue weighted by Gasteiger charge is 2.17. The number of halogens is 1. The summed E-state index contributed by atoms with van der Waals surface area (Å²) < 4.78 is 15.3. The standard InChI is InChI=1S/C17H21FN8O/c1-17(2,3)26-23-15(22-24-26)9-19-16(27)21-14-6-5-12(18)7-13(14)11-8-20-25(4)10-11/h5-8,10H,9H2,1-4H3,(H2,19,21,27). The van der Waals surface area contributed by atoms with E-state index in [1.165, 1.54) is 23.0 Å². The Morgan fingerprint density at radius 2 is 2.07 bits per heavy atom. The number of hydrogen-bond acceptors (Lipinski definition) is 5. The van der Waals surface area contributed by atoms with Crippen LogP contribution in [0.1, 0.15) is 26.6 Å². The lowest BCUT2D eigenvalue weighted by atomic mass is 10.1. The molecule has 2 heterocycles.